The topological polar surface area (TPSA) is 89.2 Å². The Balaban J connectivity index is 0.00000300. The Kier molecular flexibility index (Phi) is 8.56. The van der Waals surface area contributed by atoms with Crippen molar-refractivity contribution in [2.24, 2.45) is 10.7 Å². The maximum atomic E-state index is 12.5. The molecule has 1 aliphatic rings. The van der Waals surface area contributed by atoms with Gasteiger partial charge in [-0.25, -0.2) is 4.99 Å². The van der Waals surface area contributed by atoms with Gasteiger partial charge >= 0.3 is 0 Å². The number of methoxy groups -OCH3 is 2. The lowest BCUT2D eigenvalue weighted by atomic mass is 10.00. The van der Waals surface area contributed by atoms with Crippen LogP contribution >= 0.6 is 24.0 Å². The second kappa shape index (κ2) is 10.9. The molecule has 156 valence electrons. The van der Waals surface area contributed by atoms with Gasteiger partial charge < -0.3 is 25.4 Å². The Morgan fingerprint density at radius 2 is 1.86 bits per heavy atom. The molecule has 0 unspecified atom stereocenters. The van der Waals surface area contributed by atoms with Crippen LogP contribution in [-0.4, -0.2) is 44.1 Å². The maximum Gasteiger partial charge on any atom is 0.242 e. The molecule has 0 saturated heterocycles. The average Bonchev–Trinajstić information content (AvgIpc) is 2.75. The fraction of sp³-hybridized carbons (Fsp3) is 0.333. The highest BCUT2D eigenvalue weighted by Crippen LogP contribution is 2.27. The highest BCUT2D eigenvalue weighted by atomic mass is 127. The fourth-order valence-electron chi connectivity index (χ4n) is 3.20. The van der Waals surface area contributed by atoms with Crippen LogP contribution < -0.4 is 20.5 Å². The van der Waals surface area contributed by atoms with Crippen molar-refractivity contribution < 1.29 is 14.3 Å². The molecule has 1 amide bonds. The second-order valence-electron chi connectivity index (χ2n) is 6.58. The van der Waals surface area contributed by atoms with Crippen LogP contribution in [0.25, 0.3) is 0 Å². The zero-order valence-corrected chi connectivity index (χ0v) is 19.0. The first-order valence-electron chi connectivity index (χ1n) is 9.20. The molecule has 0 atom stereocenters. The predicted molar refractivity (Wildman–Crippen MR) is 124 cm³/mol. The van der Waals surface area contributed by atoms with Gasteiger partial charge in [0.05, 0.1) is 27.3 Å². The molecule has 2 aromatic carbocycles. The number of hydrogen-bond donors (Lipinski definition) is 2. The molecule has 3 rings (SSSR count). The molecule has 3 N–H and O–H groups in total. The molecule has 1 aliphatic heterocycles. The van der Waals surface area contributed by atoms with Crippen molar-refractivity contribution in [3.8, 4) is 11.5 Å². The van der Waals surface area contributed by atoms with Gasteiger partial charge in [0.15, 0.2) is 17.5 Å². The number of fused-ring (bicyclic) bond motifs is 1. The summed E-state index contributed by atoms with van der Waals surface area (Å²) in [5.41, 5.74) is 9.37. The minimum absolute atomic E-state index is 0. The van der Waals surface area contributed by atoms with Gasteiger partial charge in [-0.1, -0.05) is 30.3 Å². The molecule has 0 bridgehead atoms. The monoisotopic (exact) mass is 510 g/mol. The van der Waals surface area contributed by atoms with E-state index in [0.717, 1.165) is 18.5 Å². The standard InChI is InChI=1S/C21H26N4O3.HI/c1-27-18-8-7-15(11-19(18)28-2)12-23-21(22)24-13-20(26)25-10-9-16-5-3-4-6-17(16)14-25;/h3-8,11H,9-10,12-14H2,1-2H3,(H3,22,23,24);1H. The van der Waals surface area contributed by atoms with E-state index in [2.05, 4.69) is 22.4 Å². The smallest absolute Gasteiger partial charge is 0.242 e. The third kappa shape index (κ3) is 5.99. The summed E-state index contributed by atoms with van der Waals surface area (Å²) in [6.07, 6.45) is 0.880. The number of halogens is 1. The summed E-state index contributed by atoms with van der Waals surface area (Å²) < 4.78 is 10.5. The van der Waals surface area contributed by atoms with E-state index < -0.39 is 0 Å². The quantitative estimate of drug-likeness (QED) is 0.354. The van der Waals surface area contributed by atoms with Gasteiger partial charge in [-0.05, 0) is 35.2 Å². The number of nitrogens with zero attached hydrogens (tertiary/aromatic N) is 2. The number of guanidine groups is 1. The van der Waals surface area contributed by atoms with Crippen molar-refractivity contribution in [1.82, 2.24) is 10.2 Å². The molecule has 0 radical (unpaired) electrons. The Bertz CT molecular complexity index is 873. The van der Waals surface area contributed by atoms with Crippen LogP contribution in [0.4, 0.5) is 0 Å². The van der Waals surface area contributed by atoms with Crippen LogP contribution in [-0.2, 0) is 24.3 Å². The van der Waals surface area contributed by atoms with E-state index in [-0.39, 0.29) is 42.4 Å². The number of nitrogens with two attached hydrogens (primary N) is 1. The number of amides is 1. The summed E-state index contributed by atoms with van der Waals surface area (Å²) in [5, 5.41) is 2.91. The van der Waals surface area contributed by atoms with Crippen molar-refractivity contribution in [2.75, 3.05) is 27.3 Å². The van der Waals surface area contributed by atoms with Gasteiger partial charge in [0.25, 0.3) is 0 Å². The molecule has 0 spiro atoms. The van der Waals surface area contributed by atoms with Gasteiger partial charge in [-0.3, -0.25) is 4.79 Å². The average molecular weight is 510 g/mol. The zero-order chi connectivity index (χ0) is 19.9. The van der Waals surface area contributed by atoms with E-state index in [1.807, 2.05) is 35.2 Å². The minimum atomic E-state index is 0. The molecule has 8 heteroatoms. The molecule has 0 fully saturated rings. The van der Waals surface area contributed by atoms with E-state index >= 15 is 0 Å². The van der Waals surface area contributed by atoms with Gasteiger partial charge in [0.1, 0.15) is 0 Å². The molecule has 29 heavy (non-hydrogen) atoms. The number of benzene rings is 2. The zero-order valence-electron chi connectivity index (χ0n) is 16.7. The van der Waals surface area contributed by atoms with Crippen LogP contribution in [0, 0.1) is 0 Å². The lowest BCUT2D eigenvalue weighted by Crippen LogP contribution is -2.44. The first-order chi connectivity index (χ1) is 13.6. The number of carbonyl (C=O) groups is 1. The van der Waals surface area contributed by atoms with Crippen LogP contribution in [0.15, 0.2) is 47.5 Å². The molecule has 1 heterocycles. The largest absolute Gasteiger partial charge is 0.493 e. The second-order valence-corrected chi connectivity index (χ2v) is 6.58. The van der Waals surface area contributed by atoms with E-state index in [4.69, 9.17) is 15.2 Å². The predicted octanol–water partition coefficient (Wildman–Crippen LogP) is 2.31. The molecule has 0 aliphatic carbocycles. The van der Waals surface area contributed by atoms with Crippen LogP contribution in [0.1, 0.15) is 16.7 Å². The number of carbonyl (C=O) groups excluding carboxylic acids is 1. The molecular weight excluding hydrogens is 483 g/mol. The van der Waals surface area contributed by atoms with Crippen molar-refractivity contribution in [3.05, 3.63) is 59.2 Å². The normalized spacial score (nSPS) is 13.2. The maximum absolute atomic E-state index is 12.5. The van der Waals surface area contributed by atoms with Crippen molar-refractivity contribution >= 4 is 35.8 Å². The van der Waals surface area contributed by atoms with Gasteiger partial charge in [0.2, 0.25) is 5.91 Å². The van der Waals surface area contributed by atoms with Gasteiger partial charge in [-0.2, -0.15) is 0 Å². The van der Waals surface area contributed by atoms with Crippen LogP contribution in [0.3, 0.4) is 0 Å². The molecule has 7 nitrogen and oxygen atoms in total. The number of aliphatic imine (C=N–C) groups is 1. The molecule has 2 aromatic rings. The Hall–Kier alpha value is -2.49. The first kappa shape index (κ1) is 22.8. The lowest BCUT2D eigenvalue weighted by molar-refractivity contribution is -0.130. The van der Waals surface area contributed by atoms with Gasteiger partial charge in [-0.15, -0.1) is 24.0 Å². The summed E-state index contributed by atoms with van der Waals surface area (Å²) in [4.78, 5) is 18.6. The van der Waals surface area contributed by atoms with Crippen molar-refractivity contribution in [2.45, 2.75) is 19.5 Å². The Morgan fingerprint density at radius 1 is 1.14 bits per heavy atom. The number of ether oxygens (including phenoxy) is 2. The SMILES string of the molecule is COc1ccc(CN=C(N)NCC(=O)N2CCc3ccccc3C2)cc1OC.I. The summed E-state index contributed by atoms with van der Waals surface area (Å²) in [6, 6.07) is 13.8. The summed E-state index contributed by atoms with van der Waals surface area (Å²) in [7, 11) is 3.18. The fourth-order valence-corrected chi connectivity index (χ4v) is 3.20. The van der Waals surface area contributed by atoms with Crippen molar-refractivity contribution in [1.29, 1.82) is 0 Å². The van der Waals surface area contributed by atoms with Crippen LogP contribution in [0.5, 0.6) is 11.5 Å². The molecule has 0 saturated carbocycles. The van der Waals surface area contributed by atoms with Gasteiger partial charge in [0, 0.05) is 13.1 Å². The first-order valence-corrected chi connectivity index (χ1v) is 9.20. The summed E-state index contributed by atoms with van der Waals surface area (Å²) >= 11 is 0. The van der Waals surface area contributed by atoms with Crippen molar-refractivity contribution in [3.63, 3.8) is 0 Å². The lowest BCUT2D eigenvalue weighted by Gasteiger charge is -2.29. The highest BCUT2D eigenvalue weighted by Gasteiger charge is 2.20. The number of hydrogen-bond acceptors (Lipinski definition) is 4. The van der Waals surface area contributed by atoms with E-state index in [9.17, 15) is 4.79 Å². The third-order valence-corrected chi connectivity index (χ3v) is 4.78. The van der Waals surface area contributed by atoms with E-state index in [0.29, 0.717) is 24.6 Å². The molecule has 0 aromatic heterocycles. The summed E-state index contributed by atoms with van der Waals surface area (Å²) in [5.74, 6) is 1.55. The Labute approximate surface area is 188 Å². The van der Waals surface area contributed by atoms with E-state index in [1.54, 1.807) is 14.2 Å². The molecular formula is C21H27IN4O3. The number of rotatable bonds is 6. The minimum Gasteiger partial charge on any atom is -0.493 e. The third-order valence-electron chi connectivity index (χ3n) is 4.78. The summed E-state index contributed by atoms with van der Waals surface area (Å²) in [6.45, 7) is 1.87. The van der Waals surface area contributed by atoms with E-state index in [1.165, 1.54) is 11.1 Å². The number of nitrogens with one attached hydrogen (secondary N) is 1. The van der Waals surface area contributed by atoms with Crippen LogP contribution in [0.2, 0.25) is 0 Å². The Morgan fingerprint density at radius 3 is 2.59 bits per heavy atom. The highest BCUT2D eigenvalue weighted by molar-refractivity contribution is 14.0.